The standard InChI is InChI=1S/C13H19N3O3/c1-10-9-11(5-8-19-10)4-7-15-13-12(16(17)18)3-2-6-14-13/h2-3,6,10-11H,4-5,7-9H2,1H3,(H,14,15)/t10-,11+/m0/s1. The highest BCUT2D eigenvalue weighted by Crippen LogP contribution is 2.24. The average Bonchev–Trinajstić information content (AvgIpc) is 2.39. The topological polar surface area (TPSA) is 77.3 Å². The fraction of sp³-hybridized carbons (Fsp3) is 0.615. The number of hydrogen-bond donors (Lipinski definition) is 1. The van der Waals surface area contributed by atoms with Gasteiger partial charge in [-0.1, -0.05) is 0 Å². The minimum atomic E-state index is -0.411. The predicted octanol–water partition coefficient (Wildman–Crippen LogP) is 2.61. The molecule has 1 aromatic rings. The molecule has 1 fully saturated rings. The first-order valence-corrected chi connectivity index (χ1v) is 6.61. The van der Waals surface area contributed by atoms with Crippen molar-refractivity contribution in [3.05, 3.63) is 28.4 Å². The van der Waals surface area contributed by atoms with Crippen molar-refractivity contribution in [1.82, 2.24) is 4.98 Å². The Morgan fingerprint density at radius 1 is 1.63 bits per heavy atom. The molecule has 0 unspecified atom stereocenters. The Bertz CT molecular complexity index is 439. The number of nitrogens with one attached hydrogen (secondary N) is 1. The highest BCUT2D eigenvalue weighted by atomic mass is 16.6. The zero-order chi connectivity index (χ0) is 13.7. The molecule has 1 saturated heterocycles. The second-order valence-corrected chi connectivity index (χ2v) is 4.92. The van der Waals surface area contributed by atoms with Crippen LogP contribution in [0.5, 0.6) is 0 Å². The number of nitro groups is 1. The van der Waals surface area contributed by atoms with E-state index in [4.69, 9.17) is 4.74 Å². The Morgan fingerprint density at radius 3 is 3.21 bits per heavy atom. The number of hydrogen-bond acceptors (Lipinski definition) is 5. The molecule has 0 aliphatic carbocycles. The maximum Gasteiger partial charge on any atom is 0.311 e. The molecule has 19 heavy (non-hydrogen) atoms. The van der Waals surface area contributed by atoms with Crippen LogP contribution in [0.3, 0.4) is 0 Å². The van der Waals surface area contributed by atoms with E-state index >= 15 is 0 Å². The third-order valence-corrected chi connectivity index (χ3v) is 3.42. The van der Waals surface area contributed by atoms with Crippen molar-refractivity contribution >= 4 is 11.5 Å². The maximum absolute atomic E-state index is 10.8. The quantitative estimate of drug-likeness (QED) is 0.654. The number of rotatable bonds is 5. The third kappa shape index (κ3) is 3.89. The van der Waals surface area contributed by atoms with Crippen LogP contribution in [0.2, 0.25) is 0 Å². The Kier molecular flexibility index (Phi) is 4.68. The third-order valence-electron chi connectivity index (χ3n) is 3.42. The minimum Gasteiger partial charge on any atom is -0.378 e. The van der Waals surface area contributed by atoms with Crippen LogP contribution in [0, 0.1) is 16.0 Å². The van der Waals surface area contributed by atoms with Gasteiger partial charge in [-0.15, -0.1) is 0 Å². The molecule has 0 aromatic carbocycles. The zero-order valence-electron chi connectivity index (χ0n) is 11.0. The largest absolute Gasteiger partial charge is 0.378 e. The highest BCUT2D eigenvalue weighted by Gasteiger charge is 2.19. The molecule has 2 rings (SSSR count). The van der Waals surface area contributed by atoms with Gasteiger partial charge in [0, 0.05) is 25.4 Å². The van der Waals surface area contributed by atoms with E-state index in [9.17, 15) is 10.1 Å². The van der Waals surface area contributed by atoms with E-state index in [1.807, 2.05) is 0 Å². The molecule has 104 valence electrons. The molecule has 1 N–H and O–H groups in total. The summed E-state index contributed by atoms with van der Waals surface area (Å²) in [6.07, 6.45) is 5.00. The van der Waals surface area contributed by atoms with Crippen molar-refractivity contribution in [2.45, 2.75) is 32.3 Å². The molecule has 6 heteroatoms. The van der Waals surface area contributed by atoms with Gasteiger partial charge in [0.1, 0.15) is 0 Å². The van der Waals surface area contributed by atoms with Gasteiger partial charge in [0.2, 0.25) is 5.82 Å². The number of anilines is 1. The van der Waals surface area contributed by atoms with Gasteiger partial charge >= 0.3 is 5.69 Å². The highest BCUT2D eigenvalue weighted by molar-refractivity contribution is 5.54. The van der Waals surface area contributed by atoms with E-state index < -0.39 is 4.92 Å². The molecular weight excluding hydrogens is 246 g/mol. The fourth-order valence-electron chi connectivity index (χ4n) is 2.43. The summed E-state index contributed by atoms with van der Waals surface area (Å²) in [5.41, 5.74) is 0.0304. The molecular formula is C13H19N3O3. The average molecular weight is 265 g/mol. The van der Waals surface area contributed by atoms with Crippen LogP contribution in [0.25, 0.3) is 0 Å². The van der Waals surface area contributed by atoms with Crippen LogP contribution in [-0.4, -0.2) is 29.2 Å². The van der Waals surface area contributed by atoms with Gasteiger partial charge in [-0.05, 0) is 38.2 Å². The van der Waals surface area contributed by atoms with Crippen LogP contribution in [-0.2, 0) is 4.74 Å². The second-order valence-electron chi connectivity index (χ2n) is 4.92. The van der Waals surface area contributed by atoms with E-state index in [1.165, 1.54) is 6.07 Å². The fourth-order valence-corrected chi connectivity index (χ4v) is 2.43. The summed E-state index contributed by atoms with van der Waals surface area (Å²) < 4.78 is 5.50. The molecule has 2 heterocycles. The summed E-state index contributed by atoms with van der Waals surface area (Å²) in [7, 11) is 0. The number of pyridine rings is 1. The lowest BCUT2D eigenvalue weighted by molar-refractivity contribution is -0.384. The van der Waals surface area contributed by atoms with E-state index in [0.717, 1.165) is 25.9 Å². The summed E-state index contributed by atoms with van der Waals surface area (Å²) >= 11 is 0. The lowest BCUT2D eigenvalue weighted by Crippen LogP contribution is -2.24. The van der Waals surface area contributed by atoms with Crippen LogP contribution in [0.15, 0.2) is 18.3 Å². The molecule has 0 bridgehead atoms. The van der Waals surface area contributed by atoms with Crippen molar-refractivity contribution < 1.29 is 9.66 Å². The molecule has 0 spiro atoms. The maximum atomic E-state index is 10.8. The first kappa shape index (κ1) is 13.7. The summed E-state index contributed by atoms with van der Waals surface area (Å²) in [4.78, 5) is 14.4. The second kappa shape index (κ2) is 6.47. The Morgan fingerprint density at radius 2 is 2.47 bits per heavy atom. The van der Waals surface area contributed by atoms with Crippen molar-refractivity contribution in [3.8, 4) is 0 Å². The van der Waals surface area contributed by atoms with Crippen molar-refractivity contribution in [1.29, 1.82) is 0 Å². The van der Waals surface area contributed by atoms with Crippen LogP contribution >= 0.6 is 0 Å². The number of aromatic nitrogens is 1. The van der Waals surface area contributed by atoms with Crippen molar-refractivity contribution in [2.75, 3.05) is 18.5 Å². The summed E-state index contributed by atoms with van der Waals surface area (Å²) in [6.45, 7) is 3.61. The summed E-state index contributed by atoms with van der Waals surface area (Å²) in [5.74, 6) is 0.978. The number of ether oxygens (including phenoxy) is 1. The van der Waals surface area contributed by atoms with Crippen LogP contribution < -0.4 is 5.32 Å². The first-order valence-electron chi connectivity index (χ1n) is 6.61. The van der Waals surface area contributed by atoms with Gasteiger partial charge in [0.05, 0.1) is 11.0 Å². The van der Waals surface area contributed by atoms with Crippen LogP contribution in [0.1, 0.15) is 26.2 Å². The monoisotopic (exact) mass is 265 g/mol. The molecule has 0 saturated carbocycles. The summed E-state index contributed by atoms with van der Waals surface area (Å²) in [5, 5.41) is 13.9. The van der Waals surface area contributed by atoms with Crippen molar-refractivity contribution in [3.63, 3.8) is 0 Å². The van der Waals surface area contributed by atoms with E-state index in [-0.39, 0.29) is 5.69 Å². The van der Waals surface area contributed by atoms with E-state index in [2.05, 4.69) is 17.2 Å². The molecule has 0 amide bonds. The number of nitrogens with zero attached hydrogens (tertiary/aromatic N) is 2. The first-order chi connectivity index (χ1) is 9.16. The van der Waals surface area contributed by atoms with Gasteiger partial charge < -0.3 is 10.1 Å². The predicted molar refractivity (Wildman–Crippen MR) is 72.1 cm³/mol. The van der Waals surface area contributed by atoms with E-state index in [1.54, 1.807) is 12.3 Å². The molecule has 6 nitrogen and oxygen atoms in total. The molecule has 2 atom stereocenters. The van der Waals surface area contributed by atoms with E-state index in [0.29, 0.717) is 24.4 Å². The molecule has 1 aliphatic heterocycles. The summed E-state index contributed by atoms with van der Waals surface area (Å²) in [6, 6.07) is 3.04. The lowest BCUT2D eigenvalue weighted by Gasteiger charge is -2.27. The van der Waals surface area contributed by atoms with Gasteiger partial charge in [0.15, 0.2) is 0 Å². The Balaban J connectivity index is 1.84. The Labute approximate surface area is 112 Å². The molecule has 1 aliphatic rings. The van der Waals surface area contributed by atoms with Crippen molar-refractivity contribution in [2.24, 2.45) is 5.92 Å². The van der Waals surface area contributed by atoms with Gasteiger partial charge in [-0.3, -0.25) is 10.1 Å². The smallest absolute Gasteiger partial charge is 0.311 e. The van der Waals surface area contributed by atoms with Gasteiger partial charge in [-0.2, -0.15) is 0 Å². The molecule has 1 aromatic heterocycles. The van der Waals surface area contributed by atoms with Gasteiger partial charge in [0.25, 0.3) is 0 Å². The zero-order valence-corrected chi connectivity index (χ0v) is 11.0. The normalized spacial score (nSPS) is 23.0. The van der Waals surface area contributed by atoms with Gasteiger partial charge in [-0.25, -0.2) is 4.98 Å². The Hall–Kier alpha value is -1.69. The molecule has 0 radical (unpaired) electrons. The SMILES string of the molecule is C[C@H]1C[C@H](CCNc2ncccc2[N+](=O)[O-])CCO1. The van der Waals surface area contributed by atoms with Crippen LogP contribution in [0.4, 0.5) is 11.5 Å². The minimum absolute atomic E-state index is 0.0304. The lowest BCUT2D eigenvalue weighted by atomic mass is 9.93.